The minimum atomic E-state index is -3.15. The Morgan fingerprint density at radius 2 is 2.07 bits per heavy atom. The first-order chi connectivity index (χ1) is 12.9. The molecule has 0 radical (unpaired) electrons. The molecule has 1 aliphatic rings. The minimum absolute atomic E-state index is 0.0256. The van der Waals surface area contributed by atoms with Gasteiger partial charge in [0.2, 0.25) is 0 Å². The molecule has 1 saturated carbocycles. The summed E-state index contributed by atoms with van der Waals surface area (Å²) >= 11 is 0. The van der Waals surface area contributed by atoms with Crippen molar-refractivity contribution in [3.63, 3.8) is 0 Å². The molecule has 0 aliphatic heterocycles. The van der Waals surface area contributed by atoms with Gasteiger partial charge in [0.15, 0.2) is 11.6 Å². The highest BCUT2D eigenvalue weighted by atomic mass is 19.3. The van der Waals surface area contributed by atoms with Crippen LogP contribution in [0.5, 0.6) is 5.75 Å². The lowest BCUT2D eigenvalue weighted by Gasteiger charge is -2.15. The molecule has 4 N–H and O–H groups in total. The van der Waals surface area contributed by atoms with Gasteiger partial charge in [0.05, 0.1) is 0 Å². The molecule has 2 aromatic rings. The Morgan fingerprint density at radius 3 is 2.67 bits per heavy atom. The first-order valence-corrected chi connectivity index (χ1v) is 8.35. The molecule has 1 fully saturated rings. The Labute approximate surface area is 153 Å². The summed E-state index contributed by atoms with van der Waals surface area (Å²) in [7, 11) is 0. The molecular weight excluding hydrogens is 359 g/mol. The number of halogens is 3. The van der Waals surface area contributed by atoms with E-state index in [4.69, 9.17) is 11.1 Å². The van der Waals surface area contributed by atoms with Crippen LogP contribution < -0.4 is 15.8 Å². The molecule has 0 atom stereocenters. The van der Waals surface area contributed by atoms with Gasteiger partial charge in [0, 0.05) is 29.6 Å². The van der Waals surface area contributed by atoms with E-state index in [9.17, 15) is 18.0 Å². The summed E-state index contributed by atoms with van der Waals surface area (Å²) in [6, 6.07) is 6.67. The van der Waals surface area contributed by atoms with Gasteiger partial charge in [-0.2, -0.15) is 8.78 Å². The van der Waals surface area contributed by atoms with Crippen molar-refractivity contribution in [1.29, 1.82) is 5.41 Å². The van der Waals surface area contributed by atoms with Crippen molar-refractivity contribution >= 4 is 17.8 Å². The SMILES string of the molecule is N=Cc1c(N)ccc(C2CC2)c1CNC(=O)c1ccc(OC(F)F)c(F)c1. The van der Waals surface area contributed by atoms with Crippen molar-refractivity contribution in [2.75, 3.05) is 5.73 Å². The molecule has 5 nitrogen and oxygen atoms in total. The highest BCUT2D eigenvalue weighted by Gasteiger charge is 2.27. The van der Waals surface area contributed by atoms with E-state index >= 15 is 0 Å². The maximum absolute atomic E-state index is 13.8. The van der Waals surface area contributed by atoms with Crippen LogP contribution in [-0.4, -0.2) is 18.7 Å². The summed E-state index contributed by atoms with van der Waals surface area (Å²) in [4.78, 5) is 12.3. The maximum Gasteiger partial charge on any atom is 0.387 e. The van der Waals surface area contributed by atoms with Gasteiger partial charge in [-0.25, -0.2) is 4.39 Å². The molecule has 0 unspecified atom stereocenters. The van der Waals surface area contributed by atoms with E-state index < -0.39 is 24.1 Å². The zero-order valence-corrected chi connectivity index (χ0v) is 14.3. The van der Waals surface area contributed by atoms with Crippen LogP contribution in [0.25, 0.3) is 0 Å². The topological polar surface area (TPSA) is 88.2 Å². The monoisotopic (exact) mass is 377 g/mol. The van der Waals surface area contributed by atoms with Crippen LogP contribution in [0.3, 0.4) is 0 Å². The van der Waals surface area contributed by atoms with Crippen LogP contribution in [0.15, 0.2) is 30.3 Å². The lowest BCUT2D eigenvalue weighted by Crippen LogP contribution is -2.24. The van der Waals surface area contributed by atoms with Crippen LogP contribution in [0.2, 0.25) is 0 Å². The summed E-state index contributed by atoms with van der Waals surface area (Å²) in [5.41, 5.74) is 8.69. The molecule has 142 valence electrons. The van der Waals surface area contributed by atoms with Crippen molar-refractivity contribution in [3.05, 3.63) is 58.4 Å². The predicted octanol–water partition coefficient (Wildman–Crippen LogP) is 3.81. The number of anilines is 1. The van der Waals surface area contributed by atoms with E-state index in [2.05, 4.69) is 10.1 Å². The van der Waals surface area contributed by atoms with Gasteiger partial charge in [-0.3, -0.25) is 4.79 Å². The minimum Gasteiger partial charge on any atom is -0.432 e. The van der Waals surface area contributed by atoms with Crippen LogP contribution in [-0.2, 0) is 6.54 Å². The molecule has 0 aromatic heterocycles. The molecule has 0 heterocycles. The van der Waals surface area contributed by atoms with E-state index in [1.54, 1.807) is 6.07 Å². The lowest BCUT2D eigenvalue weighted by molar-refractivity contribution is -0.0521. The number of alkyl halides is 2. The zero-order chi connectivity index (χ0) is 19.6. The van der Waals surface area contributed by atoms with Gasteiger partial charge in [-0.1, -0.05) is 6.07 Å². The number of amides is 1. The largest absolute Gasteiger partial charge is 0.432 e. The number of nitrogens with one attached hydrogen (secondary N) is 2. The molecule has 1 amide bonds. The first-order valence-electron chi connectivity index (χ1n) is 8.35. The molecule has 8 heteroatoms. The van der Waals surface area contributed by atoms with Crippen LogP contribution in [0.1, 0.15) is 45.8 Å². The summed E-state index contributed by atoms with van der Waals surface area (Å²) in [6.45, 7) is -3.03. The van der Waals surface area contributed by atoms with Gasteiger partial charge in [0.25, 0.3) is 5.91 Å². The zero-order valence-electron chi connectivity index (χ0n) is 14.3. The molecule has 27 heavy (non-hydrogen) atoms. The number of hydrogen-bond donors (Lipinski definition) is 3. The molecule has 0 saturated heterocycles. The van der Waals surface area contributed by atoms with E-state index in [0.717, 1.165) is 42.3 Å². The third-order valence-corrected chi connectivity index (χ3v) is 4.42. The van der Waals surface area contributed by atoms with Crippen molar-refractivity contribution < 1.29 is 22.7 Å². The number of carbonyl (C=O) groups is 1. The fourth-order valence-electron chi connectivity index (χ4n) is 2.95. The third kappa shape index (κ3) is 4.21. The second-order valence-corrected chi connectivity index (χ2v) is 6.26. The number of benzene rings is 2. The van der Waals surface area contributed by atoms with E-state index in [1.807, 2.05) is 6.07 Å². The Kier molecular flexibility index (Phi) is 5.34. The summed E-state index contributed by atoms with van der Waals surface area (Å²) in [6.07, 6.45) is 3.23. The number of nitrogen functional groups attached to an aromatic ring is 1. The molecule has 2 aromatic carbocycles. The molecule has 3 rings (SSSR count). The molecule has 0 spiro atoms. The van der Waals surface area contributed by atoms with E-state index in [0.29, 0.717) is 17.2 Å². The Balaban J connectivity index is 1.77. The average Bonchev–Trinajstić information content (AvgIpc) is 3.46. The predicted molar refractivity (Wildman–Crippen MR) is 94.9 cm³/mol. The Bertz CT molecular complexity index is 883. The van der Waals surface area contributed by atoms with Crippen LogP contribution in [0, 0.1) is 11.2 Å². The van der Waals surface area contributed by atoms with Gasteiger partial charge in [0.1, 0.15) is 0 Å². The lowest BCUT2D eigenvalue weighted by atomic mass is 9.96. The van der Waals surface area contributed by atoms with Gasteiger partial charge in [-0.15, -0.1) is 0 Å². The fourth-order valence-corrected chi connectivity index (χ4v) is 2.95. The standard InChI is InChI=1S/C19H18F3N3O2/c20-15-7-11(3-6-17(15)27-19(21)22)18(26)25-9-14-12(10-1-2-10)4-5-16(24)13(14)8-23/h3-8,10,19,23H,1-2,9,24H2,(H,25,26). The number of carbonyl (C=O) groups excluding carboxylic acids is 1. The van der Waals surface area contributed by atoms with Gasteiger partial charge in [-0.05, 0) is 54.2 Å². The van der Waals surface area contributed by atoms with Crippen molar-refractivity contribution in [2.24, 2.45) is 0 Å². The summed E-state index contributed by atoms with van der Waals surface area (Å²) < 4.78 is 42.2. The fraction of sp³-hybridized carbons (Fsp3) is 0.263. The quantitative estimate of drug-likeness (QED) is 0.506. The second kappa shape index (κ2) is 7.69. The maximum atomic E-state index is 13.8. The van der Waals surface area contributed by atoms with E-state index in [1.165, 1.54) is 6.07 Å². The van der Waals surface area contributed by atoms with Crippen molar-refractivity contribution in [3.8, 4) is 5.75 Å². The second-order valence-electron chi connectivity index (χ2n) is 6.26. The number of hydrogen-bond acceptors (Lipinski definition) is 4. The Morgan fingerprint density at radius 1 is 1.33 bits per heavy atom. The van der Waals surface area contributed by atoms with Crippen LogP contribution in [0.4, 0.5) is 18.9 Å². The number of ether oxygens (including phenoxy) is 1. The van der Waals surface area contributed by atoms with Gasteiger partial charge >= 0.3 is 6.61 Å². The van der Waals surface area contributed by atoms with Crippen LogP contribution >= 0.6 is 0 Å². The van der Waals surface area contributed by atoms with Crippen molar-refractivity contribution in [2.45, 2.75) is 31.9 Å². The van der Waals surface area contributed by atoms with Gasteiger partial charge < -0.3 is 21.2 Å². The smallest absolute Gasteiger partial charge is 0.387 e. The molecule has 0 bridgehead atoms. The average molecular weight is 377 g/mol. The normalized spacial score (nSPS) is 13.5. The number of rotatable bonds is 7. The van der Waals surface area contributed by atoms with E-state index in [-0.39, 0.29) is 12.1 Å². The highest BCUT2D eigenvalue weighted by Crippen LogP contribution is 2.43. The highest BCUT2D eigenvalue weighted by molar-refractivity contribution is 5.94. The first kappa shape index (κ1) is 18.8. The Hall–Kier alpha value is -3.03. The summed E-state index contributed by atoms with van der Waals surface area (Å²) in [5.74, 6) is -1.86. The molecule has 1 aliphatic carbocycles. The summed E-state index contributed by atoms with van der Waals surface area (Å²) in [5, 5.41) is 10.3. The number of nitrogens with two attached hydrogens (primary N) is 1. The van der Waals surface area contributed by atoms with Crippen molar-refractivity contribution in [1.82, 2.24) is 5.32 Å². The molecular formula is C19H18F3N3O2. The third-order valence-electron chi connectivity index (χ3n) is 4.42.